The summed E-state index contributed by atoms with van der Waals surface area (Å²) in [4.78, 5) is 16.1. The van der Waals surface area contributed by atoms with Crippen molar-refractivity contribution in [2.24, 2.45) is 12.8 Å². The summed E-state index contributed by atoms with van der Waals surface area (Å²) in [5, 5.41) is 9.66. The van der Waals surface area contributed by atoms with E-state index in [9.17, 15) is 4.79 Å². The van der Waals surface area contributed by atoms with Gasteiger partial charge >= 0.3 is 0 Å². The zero-order valence-corrected chi connectivity index (χ0v) is 13.3. The van der Waals surface area contributed by atoms with Crippen molar-refractivity contribution in [2.75, 3.05) is 0 Å². The Bertz CT molecular complexity index is 607. The Morgan fingerprint density at radius 1 is 1.50 bits per heavy atom. The topological polar surface area (TPSA) is 85.8 Å². The van der Waals surface area contributed by atoms with Crippen molar-refractivity contribution >= 4 is 29.7 Å². The van der Waals surface area contributed by atoms with Gasteiger partial charge in [-0.05, 0) is 13.8 Å². The third-order valence-corrected chi connectivity index (χ3v) is 3.91. The molecule has 1 amide bonds. The number of rotatable bonds is 4. The number of hydrogen-bond donors (Lipinski definition) is 2. The van der Waals surface area contributed by atoms with E-state index < -0.39 is 0 Å². The van der Waals surface area contributed by atoms with Crippen molar-refractivity contribution in [3.63, 3.8) is 0 Å². The third kappa shape index (κ3) is 3.36. The number of thiazole rings is 1. The van der Waals surface area contributed by atoms with E-state index in [1.54, 1.807) is 5.38 Å². The molecular weight excluding hydrogens is 298 g/mol. The molecule has 6 nitrogen and oxygen atoms in total. The first-order chi connectivity index (χ1) is 9.02. The number of carbonyl (C=O) groups is 1. The Morgan fingerprint density at radius 2 is 2.20 bits per heavy atom. The molecule has 0 saturated carbocycles. The van der Waals surface area contributed by atoms with E-state index in [1.807, 2.05) is 25.6 Å². The lowest BCUT2D eigenvalue weighted by Gasteiger charge is -2.04. The van der Waals surface area contributed by atoms with E-state index in [1.165, 1.54) is 11.3 Å². The van der Waals surface area contributed by atoms with E-state index in [2.05, 4.69) is 15.4 Å². The number of nitrogens with zero attached hydrogens (tertiary/aromatic N) is 3. The highest BCUT2D eigenvalue weighted by molar-refractivity contribution is 7.09. The van der Waals surface area contributed by atoms with Crippen molar-refractivity contribution in [2.45, 2.75) is 26.9 Å². The first kappa shape index (κ1) is 16.6. The maximum Gasteiger partial charge on any atom is 0.271 e. The predicted molar refractivity (Wildman–Crippen MR) is 81.1 cm³/mol. The minimum atomic E-state index is -0.182. The monoisotopic (exact) mass is 315 g/mol. The molecule has 20 heavy (non-hydrogen) atoms. The zero-order chi connectivity index (χ0) is 14.0. The highest BCUT2D eigenvalue weighted by atomic mass is 35.5. The predicted octanol–water partition coefficient (Wildman–Crippen LogP) is 1.30. The highest BCUT2D eigenvalue weighted by Crippen LogP contribution is 2.12. The number of carbonyl (C=O) groups excluding carboxylic acids is 1. The van der Waals surface area contributed by atoms with Gasteiger partial charge in [-0.15, -0.1) is 23.7 Å². The van der Waals surface area contributed by atoms with Crippen LogP contribution in [0.15, 0.2) is 5.38 Å². The molecule has 0 aliphatic carbocycles. The van der Waals surface area contributed by atoms with Crippen LogP contribution in [-0.4, -0.2) is 20.7 Å². The SMILES string of the molecule is Cc1nn(C)c(C)c1CNC(=O)c1csc(CN)n1.Cl. The summed E-state index contributed by atoms with van der Waals surface area (Å²) in [6.07, 6.45) is 0. The molecule has 2 rings (SSSR count). The van der Waals surface area contributed by atoms with Crippen LogP contribution in [0.1, 0.15) is 32.4 Å². The average molecular weight is 316 g/mol. The van der Waals surface area contributed by atoms with Gasteiger partial charge in [0.05, 0.1) is 5.69 Å². The first-order valence-electron chi connectivity index (χ1n) is 5.94. The number of nitrogens with two attached hydrogens (primary N) is 1. The maximum atomic E-state index is 11.9. The fourth-order valence-corrected chi connectivity index (χ4v) is 2.50. The van der Waals surface area contributed by atoms with Crippen LogP contribution in [0.2, 0.25) is 0 Å². The number of aromatic nitrogens is 3. The van der Waals surface area contributed by atoms with Crippen LogP contribution in [0.5, 0.6) is 0 Å². The lowest BCUT2D eigenvalue weighted by molar-refractivity contribution is 0.0946. The van der Waals surface area contributed by atoms with Gasteiger partial charge in [0.25, 0.3) is 5.91 Å². The summed E-state index contributed by atoms with van der Waals surface area (Å²) in [6.45, 7) is 4.74. The molecule has 2 heterocycles. The van der Waals surface area contributed by atoms with Gasteiger partial charge in [-0.25, -0.2) is 4.98 Å². The Labute approximate surface area is 127 Å². The molecule has 8 heteroatoms. The summed E-state index contributed by atoms with van der Waals surface area (Å²) >= 11 is 1.40. The van der Waals surface area contributed by atoms with Gasteiger partial charge in [-0.3, -0.25) is 9.48 Å². The molecule has 2 aromatic heterocycles. The molecule has 110 valence electrons. The number of nitrogens with one attached hydrogen (secondary N) is 1. The summed E-state index contributed by atoms with van der Waals surface area (Å²) < 4.78 is 1.81. The van der Waals surface area contributed by atoms with Gasteiger partial charge in [0.15, 0.2) is 0 Å². The smallest absolute Gasteiger partial charge is 0.271 e. The number of amides is 1. The van der Waals surface area contributed by atoms with Crippen LogP contribution in [0.3, 0.4) is 0 Å². The lowest BCUT2D eigenvalue weighted by Crippen LogP contribution is -2.23. The Balaban J connectivity index is 0.00000200. The Morgan fingerprint density at radius 3 is 2.70 bits per heavy atom. The minimum absolute atomic E-state index is 0. The molecule has 0 bridgehead atoms. The second-order valence-corrected chi connectivity index (χ2v) is 5.23. The molecule has 0 spiro atoms. The fourth-order valence-electron chi connectivity index (χ4n) is 1.84. The van der Waals surface area contributed by atoms with Crippen LogP contribution in [-0.2, 0) is 20.1 Å². The summed E-state index contributed by atoms with van der Waals surface area (Å²) in [6, 6.07) is 0. The van der Waals surface area contributed by atoms with Crippen LogP contribution in [0.25, 0.3) is 0 Å². The minimum Gasteiger partial charge on any atom is -0.346 e. The van der Waals surface area contributed by atoms with Gasteiger partial charge in [0, 0.05) is 36.8 Å². The van der Waals surface area contributed by atoms with E-state index in [-0.39, 0.29) is 18.3 Å². The van der Waals surface area contributed by atoms with Crippen LogP contribution in [0.4, 0.5) is 0 Å². The van der Waals surface area contributed by atoms with Crippen LogP contribution in [0, 0.1) is 13.8 Å². The van der Waals surface area contributed by atoms with E-state index in [0.717, 1.165) is 22.0 Å². The Hall–Kier alpha value is -1.44. The quantitative estimate of drug-likeness (QED) is 0.890. The maximum absolute atomic E-state index is 11.9. The van der Waals surface area contributed by atoms with Gasteiger partial charge in [-0.2, -0.15) is 5.10 Å². The van der Waals surface area contributed by atoms with E-state index >= 15 is 0 Å². The Kier molecular flexibility index (Phi) is 5.67. The van der Waals surface area contributed by atoms with Crippen molar-refractivity contribution < 1.29 is 4.79 Å². The van der Waals surface area contributed by atoms with Crippen molar-refractivity contribution in [1.82, 2.24) is 20.1 Å². The number of hydrogen-bond acceptors (Lipinski definition) is 5. The molecule has 0 saturated heterocycles. The molecule has 0 aliphatic rings. The normalized spacial score (nSPS) is 10.2. The molecule has 0 unspecified atom stereocenters. The third-order valence-electron chi connectivity index (χ3n) is 3.04. The zero-order valence-electron chi connectivity index (χ0n) is 11.6. The molecule has 0 fully saturated rings. The first-order valence-corrected chi connectivity index (χ1v) is 6.82. The standard InChI is InChI=1S/C12H17N5OS.ClH/c1-7-9(8(2)17(3)16-7)5-14-12(18)10-6-19-11(4-13)15-10;/h6H,4-5,13H2,1-3H3,(H,14,18);1H. The molecule has 0 aromatic carbocycles. The average Bonchev–Trinajstić information content (AvgIpc) is 2.94. The lowest BCUT2D eigenvalue weighted by atomic mass is 10.2. The van der Waals surface area contributed by atoms with Crippen LogP contribution < -0.4 is 11.1 Å². The second kappa shape index (κ2) is 6.83. The molecule has 3 N–H and O–H groups in total. The fraction of sp³-hybridized carbons (Fsp3) is 0.417. The molecule has 2 aromatic rings. The van der Waals surface area contributed by atoms with Gasteiger partial charge < -0.3 is 11.1 Å². The van der Waals surface area contributed by atoms with Gasteiger partial charge in [0.2, 0.25) is 0 Å². The number of halogens is 1. The summed E-state index contributed by atoms with van der Waals surface area (Å²) in [5.41, 5.74) is 8.93. The summed E-state index contributed by atoms with van der Waals surface area (Å²) in [7, 11) is 1.89. The van der Waals surface area contributed by atoms with E-state index in [0.29, 0.717) is 18.8 Å². The van der Waals surface area contributed by atoms with E-state index in [4.69, 9.17) is 5.73 Å². The largest absolute Gasteiger partial charge is 0.346 e. The van der Waals surface area contributed by atoms with Gasteiger partial charge in [-0.1, -0.05) is 0 Å². The second-order valence-electron chi connectivity index (χ2n) is 4.29. The van der Waals surface area contributed by atoms with Crippen molar-refractivity contribution in [1.29, 1.82) is 0 Å². The summed E-state index contributed by atoms with van der Waals surface area (Å²) in [5.74, 6) is -0.182. The molecule has 0 atom stereocenters. The van der Waals surface area contributed by atoms with Crippen molar-refractivity contribution in [3.8, 4) is 0 Å². The van der Waals surface area contributed by atoms with Crippen LogP contribution >= 0.6 is 23.7 Å². The highest BCUT2D eigenvalue weighted by Gasteiger charge is 2.13. The molecular formula is C12H18ClN5OS. The molecule has 0 radical (unpaired) electrons. The van der Waals surface area contributed by atoms with Crippen molar-refractivity contribution in [3.05, 3.63) is 33.0 Å². The van der Waals surface area contributed by atoms with Gasteiger partial charge in [0.1, 0.15) is 10.7 Å². The molecule has 0 aliphatic heterocycles. The number of aryl methyl sites for hydroxylation is 2.